The van der Waals surface area contributed by atoms with Crippen molar-refractivity contribution in [3.05, 3.63) is 65.4 Å². The number of nitrogens with one attached hydrogen (secondary N) is 2. The first-order valence-electron chi connectivity index (χ1n) is 9.39. The Morgan fingerprint density at radius 3 is 2.62 bits per heavy atom. The molecule has 3 N–H and O–H groups in total. The molecule has 0 aliphatic carbocycles. The Balaban J connectivity index is 1.51. The van der Waals surface area contributed by atoms with Crippen LogP contribution in [0.5, 0.6) is 5.75 Å². The first kappa shape index (κ1) is 19.0. The summed E-state index contributed by atoms with van der Waals surface area (Å²) in [7, 11) is 0. The van der Waals surface area contributed by atoms with Crippen molar-refractivity contribution in [1.29, 1.82) is 5.41 Å². The molecule has 0 saturated carbocycles. The van der Waals surface area contributed by atoms with Gasteiger partial charge in [-0.2, -0.15) is 0 Å². The van der Waals surface area contributed by atoms with E-state index in [0.29, 0.717) is 29.0 Å². The molecule has 0 amide bonds. The van der Waals surface area contributed by atoms with Crippen LogP contribution in [-0.2, 0) is 6.54 Å². The van der Waals surface area contributed by atoms with Crippen LogP contribution >= 0.6 is 0 Å². The lowest BCUT2D eigenvalue weighted by Gasteiger charge is -2.22. The summed E-state index contributed by atoms with van der Waals surface area (Å²) in [5, 5.41) is 19.0. The standard InChI is InChI=1S/C22H23FN4O2/c1-22(2,3)29-15-7-4-13(5-8-15)11-27-12-18(28)19(20(27)24)21-25-16-9-6-14(23)10-17(16)26-21/h4-10,24,28H,11-12H2,1-3H3,(H,25,26). The second kappa shape index (κ2) is 6.92. The van der Waals surface area contributed by atoms with Crippen molar-refractivity contribution in [3.63, 3.8) is 0 Å². The number of hydrogen-bond donors (Lipinski definition) is 3. The fourth-order valence-electron chi connectivity index (χ4n) is 3.35. The van der Waals surface area contributed by atoms with Crippen LogP contribution in [0.2, 0.25) is 0 Å². The van der Waals surface area contributed by atoms with Crippen molar-refractivity contribution in [2.45, 2.75) is 32.9 Å². The van der Waals surface area contributed by atoms with Gasteiger partial charge >= 0.3 is 0 Å². The lowest BCUT2D eigenvalue weighted by Crippen LogP contribution is -2.26. The average molecular weight is 394 g/mol. The molecule has 1 aliphatic heterocycles. The molecule has 0 atom stereocenters. The van der Waals surface area contributed by atoms with Crippen LogP contribution in [0.3, 0.4) is 0 Å². The molecule has 7 heteroatoms. The van der Waals surface area contributed by atoms with Crippen LogP contribution in [0.4, 0.5) is 4.39 Å². The summed E-state index contributed by atoms with van der Waals surface area (Å²) in [4.78, 5) is 9.16. The number of amidine groups is 1. The van der Waals surface area contributed by atoms with Crippen molar-refractivity contribution in [3.8, 4) is 5.75 Å². The maximum Gasteiger partial charge on any atom is 0.145 e. The zero-order valence-corrected chi connectivity index (χ0v) is 16.6. The quantitative estimate of drug-likeness (QED) is 0.602. The Labute approximate surface area is 168 Å². The Morgan fingerprint density at radius 1 is 1.21 bits per heavy atom. The molecular formula is C22H23FN4O2. The largest absolute Gasteiger partial charge is 0.510 e. The molecule has 29 heavy (non-hydrogen) atoms. The molecule has 0 unspecified atom stereocenters. The molecule has 0 fully saturated rings. The van der Waals surface area contributed by atoms with Crippen molar-refractivity contribution in [1.82, 2.24) is 14.9 Å². The molecule has 1 aromatic heterocycles. The SMILES string of the molecule is CC(C)(C)Oc1ccc(CN2CC(O)=C(c3nc4ccc(F)cc4[nH]3)C2=N)cc1. The van der Waals surface area contributed by atoms with Crippen molar-refractivity contribution in [2.24, 2.45) is 0 Å². The predicted octanol–water partition coefficient (Wildman–Crippen LogP) is 4.64. The number of aromatic amines is 1. The zero-order valence-electron chi connectivity index (χ0n) is 16.6. The van der Waals surface area contributed by atoms with Crippen molar-refractivity contribution in [2.75, 3.05) is 6.54 Å². The molecule has 0 bridgehead atoms. The van der Waals surface area contributed by atoms with E-state index < -0.39 is 0 Å². The topological polar surface area (TPSA) is 85.2 Å². The molecule has 2 heterocycles. The molecule has 2 aromatic carbocycles. The minimum absolute atomic E-state index is 0.0715. The number of hydrogen-bond acceptors (Lipinski definition) is 4. The van der Waals surface area contributed by atoms with Gasteiger partial charge in [0.2, 0.25) is 0 Å². The summed E-state index contributed by atoms with van der Waals surface area (Å²) >= 11 is 0. The van der Waals surface area contributed by atoms with E-state index in [1.54, 1.807) is 11.0 Å². The smallest absolute Gasteiger partial charge is 0.145 e. The summed E-state index contributed by atoms with van der Waals surface area (Å²) in [6, 6.07) is 12.0. The highest BCUT2D eigenvalue weighted by molar-refractivity contribution is 6.23. The Bertz CT molecular complexity index is 1110. The number of H-pyrrole nitrogens is 1. The number of fused-ring (bicyclic) bond motifs is 1. The average Bonchev–Trinajstić information content (AvgIpc) is 3.15. The Kier molecular flexibility index (Phi) is 4.53. The highest BCUT2D eigenvalue weighted by Gasteiger charge is 2.30. The minimum Gasteiger partial charge on any atom is -0.510 e. The minimum atomic E-state index is -0.368. The number of imidazole rings is 1. The predicted molar refractivity (Wildman–Crippen MR) is 111 cm³/mol. The van der Waals surface area contributed by atoms with Gasteiger partial charge in [0.15, 0.2) is 0 Å². The second-order valence-electron chi connectivity index (χ2n) is 8.13. The van der Waals surface area contributed by atoms with Gasteiger partial charge in [-0.1, -0.05) is 12.1 Å². The summed E-state index contributed by atoms with van der Waals surface area (Å²) in [6.07, 6.45) is 0. The lowest BCUT2D eigenvalue weighted by molar-refractivity contribution is 0.131. The van der Waals surface area contributed by atoms with Gasteiger partial charge in [-0.05, 0) is 56.7 Å². The highest BCUT2D eigenvalue weighted by Crippen LogP contribution is 2.29. The zero-order chi connectivity index (χ0) is 20.8. The van der Waals surface area contributed by atoms with Gasteiger partial charge < -0.3 is 19.7 Å². The van der Waals surface area contributed by atoms with E-state index in [1.165, 1.54) is 12.1 Å². The van der Waals surface area contributed by atoms with Gasteiger partial charge in [0.1, 0.15) is 34.6 Å². The van der Waals surface area contributed by atoms with Gasteiger partial charge in [0.05, 0.1) is 23.2 Å². The maximum absolute atomic E-state index is 13.4. The number of aliphatic hydroxyl groups excluding tert-OH is 1. The monoisotopic (exact) mass is 394 g/mol. The molecule has 0 spiro atoms. The number of ether oxygens (including phenoxy) is 1. The fourth-order valence-corrected chi connectivity index (χ4v) is 3.35. The summed E-state index contributed by atoms with van der Waals surface area (Å²) in [5.41, 5.74) is 2.19. The van der Waals surface area contributed by atoms with Gasteiger partial charge in [-0.15, -0.1) is 0 Å². The number of rotatable bonds is 4. The summed E-state index contributed by atoms with van der Waals surface area (Å²) in [6.45, 7) is 6.68. The first-order chi connectivity index (χ1) is 13.7. The molecule has 150 valence electrons. The maximum atomic E-state index is 13.4. The van der Waals surface area contributed by atoms with Crippen LogP contribution < -0.4 is 4.74 Å². The number of nitrogens with zero attached hydrogens (tertiary/aromatic N) is 2. The second-order valence-corrected chi connectivity index (χ2v) is 8.13. The normalized spacial score (nSPS) is 14.9. The van der Waals surface area contributed by atoms with Gasteiger partial charge in [-0.25, -0.2) is 9.37 Å². The Hall–Kier alpha value is -3.35. The number of aliphatic hydroxyl groups is 1. The third kappa shape index (κ3) is 3.94. The third-order valence-corrected chi connectivity index (χ3v) is 4.58. The van der Waals surface area contributed by atoms with Crippen LogP contribution in [-0.4, -0.2) is 38.0 Å². The van der Waals surface area contributed by atoms with E-state index in [1.807, 2.05) is 45.0 Å². The highest BCUT2D eigenvalue weighted by atomic mass is 19.1. The molecule has 0 saturated heterocycles. The summed E-state index contributed by atoms with van der Waals surface area (Å²) < 4.78 is 19.3. The molecule has 6 nitrogen and oxygen atoms in total. The van der Waals surface area contributed by atoms with Crippen molar-refractivity contribution >= 4 is 22.4 Å². The molecule has 1 aliphatic rings. The van der Waals surface area contributed by atoms with E-state index in [4.69, 9.17) is 10.1 Å². The Morgan fingerprint density at radius 2 is 1.93 bits per heavy atom. The fraction of sp³-hybridized carbons (Fsp3) is 0.273. The number of aromatic nitrogens is 2. The summed E-state index contributed by atoms with van der Waals surface area (Å²) in [5.74, 6) is 1.03. The molecule has 0 radical (unpaired) electrons. The van der Waals surface area contributed by atoms with E-state index in [9.17, 15) is 9.50 Å². The van der Waals surface area contributed by atoms with E-state index >= 15 is 0 Å². The molecule has 3 aromatic rings. The van der Waals surface area contributed by atoms with Crippen molar-refractivity contribution < 1.29 is 14.2 Å². The van der Waals surface area contributed by atoms with E-state index in [0.717, 1.165) is 11.3 Å². The van der Waals surface area contributed by atoms with Gasteiger partial charge in [0.25, 0.3) is 0 Å². The molecule has 4 rings (SSSR count). The van der Waals surface area contributed by atoms with Crippen LogP contribution in [0.1, 0.15) is 32.2 Å². The van der Waals surface area contributed by atoms with Gasteiger partial charge in [-0.3, -0.25) is 5.41 Å². The lowest BCUT2D eigenvalue weighted by atomic mass is 10.1. The number of halogens is 1. The van der Waals surface area contributed by atoms with Gasteiger partial charge in [0, 0.05) is 6.54 Å². The van der Waals surface area contributed by atoms with E-state index in [2.05, 4.69) is 9.97 Å². The van der Waals surface area contributed by atoms with Crippen LogP contribution in [0.25, 0.3) is 16.6 Å². The number of benzene rings is 2. The first-order valence-corrected chi connectivity index (χ1v) is 9.39. The third-order valence-electron chi connectivity index (χ3n) is 4.58. The van der Waals surface area contributed by atoms with Crippen LogP contribution in [0.15, 0.2) is 48.2 Å². The van der Waals surface area contributed by atoms with Crippen LogP contribution in [0, 0.1) is 11.2 Å². The van der Waals surface area contributed by atoms with E-state index in [-0.39, 0.29) is 29.6 Å². The molecular weight excluding hydrogens is 371 g/mol.